The lowest BCUT2D eigenvalue weighted by Crippen LogP contribution is -2.32. The monoisotopic (exact) mass is 457 g/mol. The molecule has 1 fully saturated rings. The van der Waals surface area contributed by atoms with Crippen molar-refractivity contribution < 1.29 is 24.0 Å². The summed E-state index contributed by atoms with van der Waals surface area (Å²) in [5.74, 6) is -2.15. The van der Waals surface area contributed by atoms with Crippen LogP contribution in [0.3, 0.4) is 0 Å². The fourth-order valence-electron chi connectivity index (χ4n) is 3.86. The maximum Gasteiger partial charge on any atom is 0.362 e. The molecule has 1 aliphatic heterocycles. The largest absolute Gasteiger partial charge is 0.466 e. The fraction of sp³-hybridized carbons (Fsp3) is 0.333. The zero-order chi connectivity index (χ0) is 23.1. The molecule has 0 bridgehead atoms. The van der Waals surface area contributed by atoms with Gasteiger partial charge in [0.25, 0.3) is 0 Å². The fourth-order valence-corrected chi connectivity index (χ4v) is 7.01. The van der Waals surface area contributed by atoms with E-state index in [0.717, 1.165) is 11.4 Å². The van der Waals surface area contributed by atoms with Gasteiger partial charge in [-0.15, -0.1) is 0 Å². The van der Waals surface area contributed by atoms with Crippen molar-refractivity contribution in [3.05, 3.63) is 72.6 Å². The van der Waals surface area contributed by atoms with Gasteiger partial charge in [0.15, 0.2) is 5.31 Å². The van der Waals surface area contributed by atoms with E-state index in [1.807, 2.05) is 70.0 Å². The Bertz CT molecular complexity index is 890. The third kappa shape index (κ3) is 4.79. The first-order chi connectivity index (χ1) is 15.4. The molecule has 1 atom stereocenters. The zero-order valence-corrected chi connectivity index (χ0v) is 19.4. The Morgan fingerprint density at radius 3 is 1.84 bits per heavy atom. The molecule has 0 aromatic heterocycles. The third-order valence-corrected chi connectivity index (χ3v) is 8.63. The van der Waals surface area contributed by atoms with Crippen molar-refractivity contribution in [3.8, 4) is 0 Å². The molecule has 8 heteroatoms. The molecule has 7 nitrogen and oxygen atoms in total. The van der Waals surface area contributed by atoms with E-state index in [1.165, 1.54) is 0 Å². The molecule has 0 amide bonds. The number of para-hydroxylation sites is 2. The molecule has 32 heavy (non-hydrogen) atoms. The van der Waals surface area contributed by atoms with Crippen molar-refractivity contribution in [2.45, 2.75) is 20.3 Å². The van der Waals surface area contributed by atoms with Crippen molar-refractivity contribution in [1.82, 2.24) is 0 Å². The molecule has 1 heterocycles. The summed E-state index contributed by atoms with van der Waals surface area (Å²) < 4.78 is 14.1. The van der Waals surface area contributed by atoms with Gasteiger partial charge < -0.3 is 9.47 Å². The van der Waals surface area contributed by atoms with Crippen LogP contribution in [0.4, 0.5) is 11.4 Å². The molecular formula is C24H30N2O5P+. The first kappa shape index (κ1) is 23.8. The standard InChI is InChI=1S/C24H30N2O5P/c1-4-30-23(27)18-22(24(28)31-5-2)19(3)32(29)25(20-12-8-6-9-13-20)16-17-26(32)21-14-10-7-11-15-21/h6-15,22,29H,3-5,16-18H2,1-2H3/q+1. The van der Waals surface area contributed by atoms with Crippen molar-refractivity contribution in [2.24, 2.45) is 5.92 Å². The highest BCUT2D eigenvalue weighted by Crippen LogP contribution is 2.73. The molecule has 2 aromatic carbocycles. The Morgan fingerprint density at radius 1 is 0.938 bits per heavy atom. The minimum atomic E-state index is -3.32. The van der Waals surface area contributed by atoms with Gasteiger partial charge >= 0.3 is 19.7 Å². The van der Waals surface area contributed by atoms with Crippen molar-refractivity contribution in [2.75, 3.05) is 35.6 Å². The second-order valence-corrected chi connectivity index (χ2v) is 9.97. The summed E-state index contributed by atoms with van der Waals surface area (Å²) in [5.41, 5.74) is 1.64. The van der Waals surface area contributed by atoms with Crippen LogP contribution in [-0.4, -0.2) is 43.1 Å². The zero-order valence-electron chi connectivity index (χ0n) is 18.5. The number of hydrogen-bond acceptors (Lipinski definition) is 7. The number of ether oxygens (including phenoxy) is 2. The van der Waals surface area contributed by atoms with Crippen LogP contribution in [0.15, 0.2) is 72.6 Å². The molecule has 3 rings (SSSR count). The van der Waals surface area contributed by atoms with E-state index in [9.17, 15) is 14.5 Å². The van der Waals surface area contributed by atoms with Crippen LogP contribution in [0.5, 0.6) is 0 Å². The molecule has 0 radical (unpaired) electrons. The molecule has 0 spiro atoms. The van der Waals surface area contributed by atoms with Gasteiger partial charge in [0.1, 0.15) is 5.92 Å². The minimum absolute atomic E-state index is 0.160. The lowest BCUT2D eigenvalue weighted by atomic mass is 10.1. The van der Waals surface area contributed by atoms with Crippen LogP contribution >= 0.6 is 7.79 Å². The van der Waals surface area contributed by atoms with E-state index in [0.29, 0.717) is 13.1 Å². The lowest BCUT2D eigenvalue weighted by Gasteiger charge is -2.34. The highest BCUT2D eigenvalue weighted by molar-refractivity contribution is 7.77. The highest BCUT2D eigenvalue weighted by atomic mass is 31.2. The molecule has 2 aromatic rings. The smallest absolute Gasteiger partial charge is 0.362 e. The number of carbonyl (C=O) groups excluding carboxylic acids is 2. The van der Waals surface area contributed by atoms with E-state index in [4.69, 9.17) is 9.47 Å². The lowest BCUT2D eigenvalue weighted by molar-refractivity contribution is -0.153. The minimum Gasteiger partial charge on any atom is -0.466 e. The molecule has 1 aliphatic rings. The predicted octanol–water partition coefficient (Wildman–Crippen LogP) is 4.41. The number of benzene rings is 2. The van der Waals surface area contributed by atoms with Gasteiger partial charge in [-0.1, -0.05) is 43.0 Å². The SMILES string of the molecule is C=C(C(CC(=O)OCC)C(=O)OCC)[P+]1(O)N(c2ccccc2)CCN1c1ccccc1. The quantitative estimate of drug-likeness (QED) is 0.441. The molecule has 0 saturated carbocycles. The number of carbonyl (C=O) groups is 2. The third-order valence-electron chi connectivity index (χ3n) is 5.34. The van der Waals surface area contributed by atoms with Crippen LogP contribution in [-0.2, 0) is 19.1 Å². The molecule has 1 saturated heterocycles. The van der Waals surface area contributed by atoms with E-state index in [1.54, 1.807) is 13.8 Å². The van der Waals surface area contributed by atoms with E-state index in [-0.39, 0.29) is 24.9 Å². The van der Waals surface area contributed by atoms with Crippen LogP contribution < -0.4 is 9.34 Å². The summed E-state index contributed by atoms with van der Waals surface area (Å²) in [7, 11) is -3.32. The Hall–Kier alpha value is -2.89. The number of anilines is 2. The van der Waals surface area contributed by atoms with Crippen LogP contribution in [0.1, 0.15) is 20.3 Å². The average Bonchev–Trinajstić information content (AvgIpc) is 3.16. The molecular weight excluding hydrogens is 427 g/mol. The van der Waals surface area contributed by atoms with Gasteiger partial charge in [0.05, 0.1) is 44.1 Å². The first-order valence-corrected chi connectivity index (χ1v) is 12.4. The highest BCUT2D eigenvalue weighted by Gasteiger charge is 2.61. The van der Waals surface area contributed by atoms with Gasteiger partial charge in [0, 0.05) is 0 Å². The van der Waals surface area contributed by atoms with Gasteiger partial charge in [-0.05, 0) is 38.1 Å². The van der Waals surface area contributed by atoms with Crippen molar-refractivity contribution in [3.63, 3.8) is 0 Å². The van der Waals surface area contributed by atoms with Crippen molar-refractivity contribution in [1.29, 1.82) is 0 Å². The number of esters is 2. The number of rotatable bonds is 9. The summed E-state index contributed by atoms with van der Waals surface area (Å²) in [6, 6.07) is 19.1. The van der Waals surface area contributed by atoms with E-state index in [2.05, 4.69) is 6.58 Å². The average molecular weight is 457 g/mol. The second kappa shape index (κ2) is 10.6. The Balaban J connectivity index is 2.06. The van der Waals surface area contributed by atoms with E-state index >= 15 is 0 Å². The van der Waals surface area contributed by atoms with Gasteiger partial charge in [-0.25, -0.2) is 0 Å². The van der Waals surface area contributed by atoms with Gasteiger partial charge in [-0.2, -0.15) is 14.2 Å². The van der Waals surface area contributed by atoms with Crippen LogP contribution in [0.2, 0.25) is 0 Å². The maximum absolute atomic E-state index is 12.9. The second-order valence-electron chi connectivity index (χ2n) is 7.29. The van der Waals surface area contributed by atoms with Gasteiger partial charge in [-0.3, -0.25) is 9.59 Å². The predicted molar refractivity (Wildman–Crippen MR) is 127 cm³/mol. The van der Waals surface area contributed by atoms with E-state index < -0.39 is 25.6 Å². The maximum atomic E-state index is 12.9. The van der Waals surface area contributed by atoms with Gasteiger partial charge in [0.2, 0.25) is 0 Å². The summed E-state index contributed by atoms with van der Waals surface area (Å²) in [4.78, 5) is 37.5. The van der Waals surface area contributed by atoms with Crippen molar-refractivity contribution >= 4 is 31.1 Å². The summed E-state index contributed by atoms with van der Waals surface area (Å²) in [5, 5.41) is 0.272. The number of nitrogens with zero attached hydrogens (tertiary/aromatic N) is 2. The topological polar surface area (TPSA) is 79.3 Å². The Kier molecular flexibility index (Phi) is 7.89. The molecule has 1 unspecified atom stereocenters. The normalized spacial score (nSPS) is 15.8. The van der Waals surface area contributed by atoms with Crippen LogP contribution in [0.25, 0.3) is 0 Å². The molecule has 1 N–H and O–H groups in total. The first-order valence-electron chi connectivity index (χ1n) is 10.7. The Labute approximate surface area is 189 Å². The van der Waals surface area contributed by atoms with Crippen LogP contribution in [0, 0.1) is 5.92 Å². The molecule has 170 valence electrons. The summed E-state index contributed by atoms with van der Waals surface area (Å²) in [6.45, 7) is 9.03. The molecule has 0 aliphatic carbocycles. The summed E-state index contributed by atoms with van der Waals surface area (Å²) >= 11 is 0. The number of hydrogen-bond donors (Lipinski definition) is 1. The Morgan fingerprint density at radius 2 is 1.41 bits per heavy atom. The summed E-state index contributed by atoms with van der Waals surface area (Å²) in [6.07, 6.45) is -0.237.